The summed E-state index contributed by atoms with van der Waals surface area (Å²) in [5.74, 6) is 1.53. The highest BCUT2D eigenvalue weighted by Gasteiger charge is 2.35. The van der Waals surface area contributed by atoms with E-state index in [9.17, 15) is 9.59 Å². The fraction of sp³-hybridized carbons (Fsp3) is 0.457. The first-order chi connectivity index (χ1) is 22.5. The van der Waals surface area contributed by atoms with Crippen LogP contribution < -0.4 is 19.7 Å². The molecule has 11 heteroatoms. The molecule has 242 valence electrons. The monoisotopic (exact) mass is 642 g/mol. The van der Waals surface area contributed by atoms with E-state index < -0.39 is 6.04 Å². The average molecular weight is 643 g/mol. The van der Waals surface area contributed by atoms with Crippen molar-refractivity contribution in [2.24, 2.45) is 0 Å². The van der Waals surface area contributed by atoms with Crippen LogP contribution in [0.3, 0.4) is 0 Å². The zero-order valence-electron chi connectivity index (χ0n) is 26.6. The van der Waals surface area contributed by atoms with Gasteiger partial charge in [-0.25, -0.2) is 0 Å². The minimum Gasteiger partial charge on any atom is -0.493 e. The normalized spacial score (nSPS) is 16.5. The number of methoxy groups -OCH3 is 2. The van der Waals surface area contributed by atoms with E-state index in [2.05, 4.69) is 32.9 Å². The van der Waals surface area contributed by atoms with Crippen molar-refractivity contribution in [1.29, 1.82) is 0 Å². The SMILES string of the molecule is COc1ccc(-c2nnn(CC(=O)N(c3ccc(C4CCCCC4)cc3)[C@H](C(=O)NC3CCCCC3)c3cccs3)n2)cc1OC. The molecule has 0 radical (unpaired) electrons. The van der Waals surface area contributed by atoms with Crippen LogP contribution in [0.4, 0.5) is 5.69 Å². The number of carbonyl (C=O) groups excluding carboxylic acids is 2. The molecular weight excluding hydrogens is 600 g/mol. The molecule has 46 heavy (non-hydrogen) atoms. The highest BCUT2D eigenvalue weighted by atomic mass is 32.1. The van der Waals surface area contributed by atoms with Crippen molar-refractivity contribution < 1.29 is 19.1 Å². The van der Waals surface area contributed by atoms with Gasteiger partial charge in [0.25, 0.3) is 5.91 Å². The molecule has 2 saturated carbocycles. The van der Waals surface area contributed by atoms with Gasteiger partial charge in [0.05, 0.1) is 14.2 Å². The number of ether oxygens (including phenoxy) is 2. The van der Waals surface area contributed by atoms with Gasteiger partial charge in [-0.2, -0.15) is 4.80 Å². The van der Waals surface area contributed by atoms with E-state index in [1.807, 2.05) is 35.7 Å². The third kappa shape index (κ3) is 7.25. The van der Waals surface area contributed by atoms with Crippen molar-refractivity contribution in [2.45, 2.75) is 88.8 Å². The lowest BCUT2D eigenvalue weighted by molar-refractivity contribution is -0.127. The first-order valence-corrected chi connectivity index (χ1v) is 17.2. The zero-order chi connectivity index (χ0) is 31.9. The summed E-state index contributed by atoms with van der Waals surface area (Å²) in [4.78, 5) is 32.2. The number of aromatic nitrogens is 4. The van der Waals surface area contributed by atoms with E-state index in [-0.39, 0.29) is 24.4 Å². The molecule has 0 bridgehead atoms. The van der Waals surface area contributed by atoms with Crippen LogP contribution >= 0.6 is 11.3 Å². The zero-order valence-corrected chi connectivity index (χ0v) is 27.4. The van der Waals surface area contributed by atoms with Crippen molar-refractivity contribution in [1.82, 2.24) is 25.5 Å². The molecule has 0 spiro atoms. The molecule has 0 saturated heterocycles. The Morgan fingerprint density at radius 2 is 1.65 bits per heavy atom. The van der Waals surface area contributed by atoms with Gasteiger partial charge in [0.1, 0.15) is 12.6 Å². The lowest BCUT2D eigenvalue weighted by atomic mass is 9.84. The highest BCUT2D eigenvalue weighted by molar-refractivity contribution is 7.10. The van der Waals surface area contributed by atoms with Gasteiger partial charge < -0.3 is 14.8 Å². The quantitative estimate of drug-likeness (QED) is 0.194. The molecule has 10 nitrogen and oxygen atoms in total. The van der Waals surface area contributed by atoms with Gasteiger partial charge in [-0.1, -0.05) is 56.7 Å². The summed E-state index contributed by atoms with van der Waals surface area (Å²) in [6.07, 6.45) is 11.4. The molecule has 6 rings (SSSR count). The number of rotatable bonds is 11. The lowest BCUT2D eigenvalue weighted by Crippen LogP contribution is -2.48. The number of anilines is 1. The number of nitrogens with one attached hydrogen (secondary N) is 1. The highest BCUT2D eigenvalue weighted by Crippen LogP contribution is 2.36. The Balaban J connectivity index is 1.31. The van der Waals surface area contributed by atoms with Gasteiger partial charge in [0.15, 0.2) is 11.5 Å². The maximum atomic E-state index is 14.3. The molecule has 2 fully saturated rings. The second-order valence-corrected chi connectivity index (χ2v) is 13.1. The molecule has 2 aliphatic carbocycles. The van der Waals surface area contributed by atoms with E-state index >= 15 is 0 Å². The summed E-state index contributed by atoms with van der Waals surface area (Å²) in [7, 11) is 3.14. The van der Waals surface area contributed by atoms with E-state index in [1.165, 1.54) is 60.2 Å². The molecule has 2 aromatic carbocycles. The van der Waals surface area contributed by atoms with Gasteiger partial charge in [0.2, 0.25) is 11.7 Å². The molecule has 1 atom stereocenters. The van der Waals surface area contributed by atoms with Crippen molar-refractivity contribution in [3.05, 3.63) is 70.4 Å². The Labute approximate surface area is 274 Å². The standard InChI is InChI=1S/C35H42N6O4S/c1-44-29-20-17-26(22-30(29)45-2)34-37-39-40(38-34)23-32(42)41(28-18-15-25(16-19-28)24-10-5-3-6-11-24)33(31-14-9-21-46-31)35(43)36-27-12-7-4-8-13-27/h9,14-22,24,27,33H,3-8,10-13,23H2,1-2H3,(H,36,43)/t33-/m0/s1. The minimum atomic E-state index is -0.830. The average Bonchev–Trinajstić information content (AvgIpc) is 3.81. The maximum Gasteiger partial charge on any atom is 0.251 e. The van der Waals surface area contributed by atoms with E-state index in [0.29, 0.717) is 34.5 Å². The predicted molar refractivity (Wildman–Crippen MR) is 178 cm³/mol. The van der Waals surface area contributed by atoms with Crippen LogP contribution in [0.15, 0.2) is 60.0 Å². The molecule has 2 aromatic heterocycles. The Kier molecular flexibility index (Phi) is 10.3. The summed E-state index contributed by atoms with van der Waals surface area (Å²) >= 11 is 1.47. The van der Waals surface area contributed by atoms with Crippen LogP contribution in [0.5, 0.6) is 11.5 Å². The Morgan fingerprint density at radius 3 is 2.33 bits per heavy atom. The lowest BCUT2D eigenvalue weighted by Gasteiger charge is -2.33. The summed E-state index contributed by atoms with van der Waals surface area (Å²) in [6.45, 7) is -0.191. The number of hydrogen-bond acceptors (Lipinski definition) is 8. The van der Waals surface area contributed by atoms with Crippen LogP contribution in [0, 0.1) is 0 Å². The first-order valence-electron chi connectivity index (χ1n) is 16.3. The largest absolute Gasteiger partial charge is 0.493 e. The first kappa shape index (κ1) is 31.7. The number of hydrogen-bond donors (Lipinski definition) is 1. The number of carbonyl (C=O) groups is 2. The summed E-state index contributed by atoms with van der Waals surface area (Å²) in [6, 6.07) is 16.7. The van der Waals surface area contributed by atoms with Crippen LogP contribution in [-0.2, 0) is 16.1 Å². The maximum absolute atomic E-state index is 14.3. The van der Waals surface area contributed by atoms with Crippen LogP contribution in [-0.4, -0.2) is 52.3 Å². The number of nitrogens with zero attached hydrogens (tertiary/aromatic N) is 5. The number of benzene rings is 2. The number of thiophene rings is 1. The van der Waals surface area contributed by atoms with Gasteiger partial charge in [-0.3, -0.25) is 14.5 Å². The number of amides is 2. The van der Waals surface area contributed by atoms with Crippen molar-refractivity contribution >= 4 is 28.8 Å². The summed E-state index contributed by atoms with van der Waals surface area (Å²) in [5, 5.41) is 18.2. The van der Waals surface area contributed by atoms with Crippen LogP contribution in [0.1, 0.15) is 86.6 Å². The molecule has 1 N–H and O–H groups in total. The molecule has 0 unspecified atom stereocenters. The van der Waals surface area contributed by atoms with Crippen molar-refractivity contribution in [3.8, 4) is 22.9 Å². The van der Waals surface area contributed by atoms with E-state index in [4.69, 9.17) is 9.47 Å². The smallest absolute Gasteiger partial charge is 0.251 e. The van der Waals surface area contributed by atoms with Crippen LogP contribution in [0.25, 0.3) is 11.4 Å². The second kappa shape index (κ2) is 14.9. The molecular formula is C35H42N6O4S. The Hall–Kier alpha value is -4.25. The molecule has 4 aromatic rings. The molecule has 0 aliphatic heterocycles. The van der Waals surface area contributed by atoms with Gasteiger partial charge in [0, 0.05) is 22.2 Å². The summed E-state index contributed by atoms with van der Waals surface area (Å²) < 4.78 is 10.8. The molecule has 2 aliphatic rings. The topological polar surface area (TPSA) is 111 Å². The Bertz CT molecular complexity index is 1590. The van der Waals surface area contributed by atoms with E-state index in [0.717, 1.165) is 30.6 Å². The van der Waals surface area contributed by atoms with Gasteiger partial charge in [-0.05, 0) is 84.2 Å². The van der Waals surface area contributed by atoms with Crippen molar-refractivity contribution in [3.63, 3.8) is 0 Å². The molecule has 2 heterocycles. The predicted octanol–water partition coefficient (Wildman–Crippen LogP) is 6.69. The third-order valence-electron chi connectivity index (χ3n) is 9.16. The molecule has 2 amide bonds. The fourth-order valence-electron chi connectivity index (χ4n) is 6.73. The summed E-state index contributed by atoms with van der Waals surface area (Å²) in [5.41, 5.74) is 2.63. The van der Waals surface area contributed by atoms with Crippen molar-refractivity contribution in [2.75, 3.05) is 19.1 Å². The van der Waals surface area contributed by atoms with Crippen LogP contribution in [0.2, 0.25) is 0 Å². The third-order valence-corrected chi connectivity index (χ3v) is 10.1. The number of tetrazole rings is 1. The van der Waals surface area contributed by atoms with Gasteiger partial charge >= 0.3 is 0 Å². The van der Waals surface area contributed by atoms with Gasteiger partial charge in [-0.15, -0.1) is 21.5 Å². The minimum absolute atomic E-state index is 0.107. The Morgan fingerprint density at radius 1 is 0.935 bits per heavy atom. The second-order valence-electron chi connectivity index (χ2n) is 12.2. The van der Waals surface area contributed by atoms with E-state index in [1.54, 1.807) is 31.3 Å². The fourth-order valence-corrected chi connectivity index (χ4v) is 7.54.